The normalized spacial score (nSPS) is 28.1. The number of aryl methyl sites for hydroxylation is 1. The van der Waals surface area contributed by atoms with E-state index in [0.29, 0.717) is 12.3 Å². The van der Waals surface area contributed by atoms with E-state index >= 15 is 0 Å². The number of hydrogen-bond acceptors (Lipinski definition) is 3. The molecule has 0 saturated carbocycles. The Kier molecular flexibility index (Phi) is 3.31. The summed E-state index contributed by atoms with van der Waals surface area (Å²) in [6.45, 7) is 3.03. The van der Waals surface area contributed by atoms with E-state index in [-0.39, 0.29) is 5.92 Å². The van der Waals surface area contributed by atoms with E-state index in [9.17, 15) is 4.79 Å². The first-order valence-electron chi connectivity index (χ1n) is 7.11. The summed E-state index contributed by atoms with van der Waals surface area (Å²) >= 11 is 0. The molecule has 1 fully saturated rings. The molecule has 1 N–H and O–H groups in total. The van der Waals surface area contributed by atoms with E-state index in [4.69, 9.17) is 10.1 Å². The zero-order chi connectivity index (χ0) is 13.4. The van der Waals surface area contributed by atoms with Gasteiger partial charge in [-0.2, -0.15) is 0 Å². The minimum atomic E-state index is -0.687. The van der Waals surface area contributed by atoms with E-state index in [1.54, 1.807) is 0 Å². The van der Waals surface area contributed by atoms with Gasteiger partial charge in [0.2, 0.25) is 0 Å². The number of carboxylic acid groups (broad SMARTS) is 1. The summed E-state index contributed by atoms with van der Waals surface area (Å²) in [5.74, 6) is 0.534. The molecule has 3 rings (SSSR count). The number of imidazole rings is 1. The van der Waals surface area contributed by atoms with Crippen LogP contribution in [0.25, 0.3) is 0 Å². The number of likely N-dealkylation sites (tertiary alicyclic amines) is 1. The van der Waals surface area contributed by atoms with Gasteiger partial charge in [-0.15, -0.1) is 0 Å². The molecule has 2 atom stereocenters. The smallest absolute Gasteiger partial charge is 0.307 e. The van der Waals surface area contributed by atoms with Gasteiger partial charge in [-0.1, -0.05) is 0 Å². The second kappa shape index (κ2) is 4.96. The summed E-state index contributed by atoms with van der Waals surface area (Å²) in [5.41, 5.74) is 1.16. The molecular formula is C14H21N3O2. The molecule has 5 nitrogen and oxygen atoms in total. The van der Waals surface area contributed by atoms with E-state index in [0.717, 1.165) is 31.0 Å². The first-order chi connectivity index (χ1) is 9.13. The molecule has 2 aliphatic rings. The van der Waals surface area contributed by atoms with Crippen molar-refractivity contribution in [1.29, 1.82) is 0 Å². The number of carbonyl (C=O) groups is 1. The van der Waals surface area contributed by atoms with Gasteiger partial charge in [-0.3, -0.25) is 4.79 Å². The van der Waals surface area contributed by atoms with Crippen LogP contribution in [-0.2, 0) is 17.8 Å². The lowest BCUT2D eigenvalue weighted by Crippen LogP contribution is -2.30. The average Bonchev–Trinajstić information content (AvgIpc) is 2.81. The number of aromatic nitrogens is 2. The standard InChI is InChI=1S/C14H21N3O2/c1-16-5-2-3-11(8-16)12-9-17-6-4-10(14(18)19)7-13(17)15-12/h9-11H,2-8H2,1H3,(H,18,19). The first kappa shape index (κ1) is 12.7. The van der Waals surface area contributed by atoms with Crippen LogP contribution >= 0.6 is 0 Å². The molecular weight excluding hydrogens is 242 g/mol. The second-order valence-electron chi connectivity index (χ2n) is 5.90. The maximum absolute atomic E-state index is 11.1. The zero-order valence-corrected chi connectivity index (χ0v) is 11.4. The maximum atomic E-state index is 11.1. The van der Waals surface area contributed by atoms with E-state index in [1.807, 2.05) is 0 Å². The van der Waals surface area contributed by atoms with E-state index < -0.39 is 5.97 Å². The van der Waals surface area contributed by atoms with Gasteiger partial charge in [0.15, 0.2) is 0 Å². The van der Waals surface area contributed by atoms with Crippen LogP contribution in [0.4, 0.5) is 0 Å². The molecule has 3 heterocycles. The van der Waals surface area contributed by atoms with Gasteiger partial charge in [0.1, 0.15) is 5.82 Å². The molecule has 0 radical (unpaired) electrons. The molecule has 1 aromatic rings. The lowest BCUT2D eigenvalue weighted by atomic mass is 9.96. The molecule has 5 heteroatoms. The summed E-state index contributed by atoms with van der Waals surface area (Å²) in [6.07, 6.45) is 5.88. The van der Waals surface area contributed by atoms with E-state index in [1.165, 1.54) is 19.4 Å². The lowest BCUT2D eigenvalue weighted by Gasteiger charge is -2.28. The summed E-state index contributed by atoms with van der Waals surface area (Å²) in [5, 5.41) is 9.11. The minimum Gasteiger partial charge on any atom is -0.481 e. The highest BCUT2D eigenvalue weighted by Gasteiger charge is 2.28. The fourth-order valence-corrected chi connectivity index (χ4v) is 3.27. The van der Waals surface area contributed by atoms with Crippen LogP contribution in [0.2, 0.25) is 0 Å². The Morgan fingerprint density at radius 1 is 1.42 bits per heavy atom. The van der Waals surface area contributed by atoms with Crippen molar-refractivity contribution in [3.05, 3.63) is 17.7 Å². The van der Waals surface area contributed by atoms with Gasteiger partial charge in [0.25, 0.3) is 0 Å². The number of rotatable bonds is 2. The Balaban J connectivity index is 1.77. The molecule has 1 aromatic heterocycles. The summed E-state index contributed by atoms with van der Waals surface area (Å²) in [6, 6.07) is 0. The molecule has 0 aromatic carbocycles. The third-order valence-corrected chi connectivity index (χ3v) is 4.42. The predicted molar refractivity (Wildman–Crippen MR) is 71.1 cm³/mol. The molecule has 0 aliphatic carbocycles. The van der Waals surface area contributed by atoms with Gasteiger partial charge >= 0.3 is 5.97 Å². The molecule has 0 amide bonds. The third kappa shape index (κ3) is 2.52. The highest BCUT2D eigenvalue weighted by molar-refractivity contribution is 5.70. The molecule has 0 spiro atoms. The Bertz CT molecular complexity index is 483. The molecule has 104 valence electrons. The van der Waals surface area contributed by atoms with Gasteiger partial charge < -0.3 is 14.6 Å². The number of hydrogen-bond donors (Lipinski definition) is 1. The van der Waals surface area contributed by atoms with Gasteiger partial charge in [-0.05, 0) is 32.9 Å². The first-order valence-corrected chi connectivity index (χ1v) is 7.11. The number of carboxylic acids is 1. The van der Waals surface area contributed by atoms with Crippen molar-refractivity contribution < 1.29 is 9.90 Å². The van der Waals surface area contributed by atoms with Crippen molar-refractivity contribution in [2.45, 2.75) is 38.1 Å². The number of piperidine rings is 1. The predicted octanol–water partition coefficient (Wildman–Crippen LogP) is 1.34. The number of nitrogens with zero attached hydrogens (tertiary/aromatic N) is 3. The third-order valence-electron chi connectivity index (χ3n) is 4.42. The van der Waals surface area contributed by atoms with Gasteiger partial charge in [0.05, 0.1) is 11.6 Å². The Morgan fingerprint density at radius 3 is 3.00 bits per heavy atom. The highest BCUT2D eigenvalue weighted by atomic mass is 16.4. The van der Waals surface area contributed by atoms with Crippen molar-refractivity contribution in [3.63, 3.8) is 0 Å². The molecule has 1 saturated heterocycles. The number of aliphatic carboxylic acids is 1. The van der Waals surface area contributed by atoms with Gasteiger partial charge in [-0.25, -0.2) is 4.98 Å². The second-order valence-corrected chi connectivity index (χ2v) is 5.90. The lowest BCUT2D eigenvalue weighted by molar-refractivity contribution is -0.142. The maximum Gasteiger partial charge on any atom is 0.307 e. The largest absolute Gasteiger partial charge is 0.481 e. The molecule has 19 heavy (non-hydrogen) atoms. The molecule has 2 aliphatic heterocycles. The minimum absolute atomic E-state index is 0.253. The Labute approximate surface area is 113 Å². The zero-order valence-electron chi connectivity index (χ0n) is 11.4. The SMILES string of the molecule is CN1CCCC(c2cn3c(n2)CC(C(=O)O)CC3)C1. The number of fused-ring (bicyclic) bond motifs is 1. The van der Waals surface area contributed by atoms with Gasteiger partial charge in [0, 0.05) is 31.6 Å². The van der Waals surface area contributed by atoms with Crippen LogP contribution in [0.15, 0.2) is 6.20 Å². The number of likely N-dealkylation sites (N-methyl/N-ethyl adjacent to an activating group) is 1. The van der Waals surface area contributed by atoms with Crippen LogP contribution in [0.3, 0.4) is 0 Å². The van der Waals surface area contributed by atoms with Crippen LogP contribution in [0.5, 0.6) is 0 Å². The van der Waals surface area contributed by atoms with Crippen LogP contribution in [0, 0.1) is 5.92 Å². The fraction of sp³-hybridized carbons (Fsp3) is 0.714. The van der Waals surface area contributed by atoms with Crippen LogP contribution < -0.4 is 0 Å². The fourth-order valence-electron chi connectivity index (χ4n) is 3.27. The summed E-state index contributed by atoms with van der Waals surface area (Å²) in [4.78, 5) is 18.1. The van der Waals surface area contributed by atoms with Crippen molar-refractivity contribution in [3.8, 4) is 0 Å². The van der Waals surface area contributed by atoms with Crippen molar-refractivity contribution in [2.75, 3.05) is 20.1 Å². The van der Waals surface area contributed by atoms with Crippen molar-refractivity contribution in [1.82, 2.24) is 14.5 Å². The summed E-state index contributed by atoms with van der Waals surface area (Å²) in [7, 11) is 2.16. The van der Waals surface area contributed by atoms with Crippen LogP contribution in [-0.4, -0.2) is 45.7 Å². The Morgan fingerprint density at radius 2 is 2.26 bits per heavy atom. The average molecular weight is 263 g/mol. The van der Waals surface area contributed by atoms with Crippen molar-refractivity contribution >= 4 is 5.97 Å². The monoisotopic (exact) mass is 263 g/mol. The van der Waals surface area contributed by atoms with Crippen LogP contribution in [0.1, 0.15) is 36.7 Å². The summed E-state index contributed by atoms with van der Waals surface area (Å²) < 4.78 is 2.16. The Hall–Kier alpha value is -1.36. The van der Waals surface area contributed by atoms with E-state index in [2.05, 4.69) is 22.7 Å². The highest BCUT2D eigenvalue weighted by Crippen LogP contribution is 2.28. The quantitative estimate of drug-likeness (QED) is 0.874. The topological polar surface area (TPSA) is 58.4 Å². The van der Waals surface area contributed by atoms with Crippen molar-refractivity contribution in [2.24, 2.45) is 5.92 Å². The molecule has 0 bridgehead atoms. The molecule has 2 unspecified atom stereocenters.